The van der Waals surface area contributed by atoms with E-state index in [0.29, 0.717) is 5.52 Å². The van der Waals surface area contributed by atoms with Crippen molar-refractivity contribution in [1.82, 2.24) is 14.8 Å². The molecule has 0 aliphatic carbocycles. The van der Waals surface area contributed by atoms with Crippen LogP contribution in [0.25, 0.3) is 16.4 Å². The van der Waals surface area contributed by atoms with E-state index in [-0.39, 0.29) is 5.69 Å². The molecule has 0 unspecified atom stereocenters. The van der Waals surface area contributed by atoms with Crippen LogP contribution in [0.4, 0.5) is 0 Å². The normalized spacial score (nSPS) is 11.0. The summed E-state index contributed by atoms with van der Waals surface area (Å²) in [6, 6.07) is 11.5. The second kappa shape index (κ2) is 3.03. The van der Waals surface area contributed by atoms with Crippen LogP contribution in [0.15, 0.2) is 36.4 Å². The Hall–Kier alpha value is -2.43. The SMILES string of the molecule is NC(=O)c1nnn2c1ccc1ccccc12. The van der Waals surface area contributed by atoms with Gasteiger partial charge in [0.05, 0.1) is 5.52 Å². The van der Waals surface area contributed by atoms with Gasteiger partial charge in [-0.05, 0) is 12.1 Å². The van der Waals surface area contributed by atoms with E-state index in [2.05, 4.69) is 10.3 Å². The standard InChI is InChI=1S/C11H8N4O/c12-11(16)10-9-6-5-7-3-1-2-4-8(7)15(9)14-13-10/h1-6H,(H2,12,16). The van der Waals surface area contributed by atoms with Crippen molar-refractivity contribution < 1.29 is 4.79 Å². The van der Waals surface area contributed by atoms with Gasteiger partial charge in [0.2, 0.25) is 0 Å². The third-order valence-corrected chi connectivity index (χ3v) is 2.52. The van der Waals surface area contributed by atoms with Crippen LogP contribution in [0.5, 0.6) is 0 Å². The Labute approximate surface area is 90.5 Å². The average Bonchev–Trinajstić information content (AvgIpc) is 2.73. The number of nitrogens with zero attached hydrogens (tertiary/aromatic N) is 3. The minimum Gasteiger partial charge on any atom is -0.364 e. The van der Waals surface area contributed by atoms with Gasteiger partial charge in [-0.25, -0.2) is 4.52 Å². The number of amides is 1. The summed E-state index contributed by atoms with van der Waals surface area (Å²) in [5, 5.41) is 8.76. The van der Waals surface area contributed by atoms with Gasteiger partial charge in [-0.2, -0.15) is 0 Å². The van der Waals surface area contributed by atoms with E-state index in [9.17, 15) is 4.79 Å². The maximum Gasteiger partial charge on any atom is 0.271 e. The van der Waals surface area contributed by atoms with Crippen LogP contribution in [-0.2, 0) is 0 Å². The summed E-state index contributed by atoms with van der Waals surface area (Å²) in [5.41, 5.74) is 6.95. The molecule has 0 saturated heterocycles. The van der Waals surface area contributed by atoms with Gasteiger partial charge >= 0.3 is 0 Å². The summed E-state index contributed by atoms with van der Waals surface area (Å²) in [5.74, 6) is -0.565. The maximum absolute atomic E-state index is 11.1. The number of carbonyl (C=O) groups excluding carboxylic acids is 1. The molecule has 0 spiro atoms. The molecular formula is C11H8N4O. The van der Waals surface area contributed by atoms with Gasteiger partial charge < -0.3 is 5.73 Å². The number of primary amides is 1. The predicted molar refractivity (Wildman–Crippen MR) is 59.0 cm³/mol. The molecule has 2 N–H and O–H groups in total. The Balaban J connectivity index is 2.49. The second-order valence-electron chi connectivity index (χ2n) is 3.49. The minimum absolute atomic E-state index is 0.200. The number of pyridine rings is 1. The van der Waals surface area contributed by atoms with E-state index in [1.165, 1.54) is 0 Å². The Morgan fingerprint density at radius 2 is 1.94 bits per heavy atom. The number of nitrogens with two attached hydrogens (primary N) is 1. The zero-order chi connectivity index (χ0) is 11.1. The van der Waals surface area contributed by atoms with Gasteiger partial charge in [0.25, 0.3) is 5.91 Å². The van der Waals surface area contributed by atoms with Crippen molar-refractivity contribution >= 4 is 22.3 Å². The van der Waals surface area contributed by atoms with Crippen molar-refractivity contribution in [3.05, 3.63) is 42.1 Å². The zero-order valence-corrected chi connectivity index (χ0v) is 8.29. The molecule has 3 rings (SSSR count). The fourth-order valence-electron chi connectivity index (χ4n) is 1.78. The molecule has 2 aromatic heterocycles. The van der Waals surface area contributed by atoms with Crippen LogP contribution in [0, 0.1) is 0 Å². The number of hydrogen-bond acceptors (Lipinski definition) is 3. The summed E-state index contributed by atoms with van der Waals surface area (Å²) in [7, 11) is 0. The Morgan fingerprint density at radius 1 is 1.12 bits per heavy atom. The number of rotatable bonds is 1. The van der Waals surface area contributed by atoms with Crippen molar-refractivity contribution in [3.63, 3.8) is 0 Å². The monoisotopic (exact) mass is 212 g/mol. The van der Waals surface area contributed by atoms with Crippen LogP contribution < -0.4 is 5.73 Å². The van der Waals surface area contributed by atoms with Crippen molar-refractivity contribution in [2.24, 2.45) is 5.73 Å². The van der Waals surface area contributed by atoms with Crippen LogP contribution in [0.1, 0.15) is 10.5 Å². The largest absolute Gasteiger partial charge is 0.364 e. The molecule has 2 heterocycles. The summed E-state index contributed by atoms with van der Waals surface area (Å²) in [6.45, 7) is 0. The number of aromatic nitrogens is 3. The van der Waals surface area contributed by atoms with E-state index in [1.807, 2.05) is 30.3 Å². The first-order valence-corrected chi connectivity index (χ1v) is 4.80. The van der Waals surface area contributed by atoms with E-state index in [4.69, 9.17) is 5.73 Å². The number of para-hydroxylation sites is 1. The fourth-order valence-corrected chi connectivity index (χ4v) is 1.78. The van der Waals surface area contributed by atoms with Gasteiger partial charge in [-0.1, -0.05) is 29.5 Å². The second-order valence-corrected chi connectivity index (χ2v) is 3.49. The number of benzene rings is 1. The molecule has 5 heteroatoms. The highest BCUT2D eigenvalue weighted by molar-refractivity contribution is 5.98. The minimum atomic E-state index is -0.565. The molecule has 0 radical (unpaired) electrons. The highest BCUT2D eigenvalue weighted by Gasteiger charge is 2.12. The molecule has 0 aliphatic rings. The number of fused-ring (bicyclic) bond motifs is 3. The maximum atomic E-state index is 11.1. The topological polar surface area (TPSA) is 73.3 Å². The lowest BCUT2D eigenvalue weighted by molar-refractivity contribution is 0.0997. The van der Waals surface area contributed by atoms with Gasteiger partial charge in [0, 0.05) is 5.39 Å². The zero-order valence-electron chi connectivity index (χ0n) is 8.29. The molecule has 16 heavy (non-hydrogen) atoms. The number of carbonyl (C=O) groups is 1. The van der Waals surface area contributed by atoms with Crippen LogP contribution in [0.3, 0.4) is 0 Å². The first-order valence-electron chi connectivity index (χ1n) is 4.80. The van der Waals surface area contributed by atoms with Crippen molar-refractivity contribution in [2.45, 2.75) is 0 Å². The molecule has 1 amide bonds. The summed E-state index contributed by atoms with van der Waals surface area (Å²) in [4.78, 5) is 11.1. The van der Waals surface area contributed by atoms with Crippen molar-refractivity contribution in [3.8, 4) is 0 Å². The Kier molecular flexibility index (Phi) is 1.67. The van der Waals surface area contributed by atoms with Crippen LogP contribution >= 0.6 is 0 Å². The van der Waals surface area contributed by atoms with Gasteiger partial charge in [-0.3, -0.25) is 4.79 Å². The molecule has 0 aliphatic heterocycles. The Morgan fingerprint density at radius 3 is 2.75 bits per heavy atom. The molecule has 0 fully saturated rings. The molecule has 0 saturated carbocycles. The van der Waals surface area contributed by atoms with Crippen molar-refractivity contribution in [1.29, 1.82) is 0 Å². The lowest BCUT2D eigenvalue weighted by atomic mass is 10.2. The van der Waals surface area contributed by atoms with E-state index in [1.54, 1.807) is 10.6 Å². The summed E-state index contributed by atoms with van der Waals surface area (Å²) in [6.07, 6.45) is 0. The van der Waals surface area contributed by atoms with Crippen LogP contribution in [0.2, 0.25) is 0 Å². The van der Waals surface area contributed by atoms with E-state index < -0.39 is 5.91 Å². The molecule has 0 atom stereocenters. The highest BCUT2D eigenvalue weighted by Crippen LogP contribution is 2.17. The van der Waals surface area contributed by atoms with E-state index >= 15 is 0 Å². The molecule has 78 valence electrons. The molecule has 5 nitrogen and oxygen atoms in total. The quantitative estimate of drug-likeness (QED) is 0.653. The smallest absolute Gasteiger partial charge is 0.271 e. The summed E-state index contributed by atoms with van der Waals surface area (Å²) < 4.78 is 1.62. The number of hydrogen-bond donors (Lipinski definition) is 1. The molecular weight excluding hydrogens is 204 g/mol. The van der Waals surface area contributed by atoms with Crippen molar-refractivity contribution in [2.75, 3.05) is 0 Å². The third kappa shape index (κ3) is 1.08. The van der Waals surface area contributed by atoms with Crippen LogP contribution in [-0.4, -0.2) is 20.7 Å². The average molecular weight is 212 g/mol. The molecule has 1 aromatic carbocycles. The lowest BCUT2D eigenvalue weighted by Gasteiger charge is -1.99. The van der Waals surface area contributed by atoms with Gasteiger partial charge in [0.1, 0.15) is 5.52 Å². The fraction of sp³-hybridized carbons (Fsp3) is 0. The van der Waals surface area contributed by atoms with Gasteiger partial charge in [-0.15, -0.1) is 5.10 Å². The highest BCUT2D eigenvalue weighted by atomic mass is 16.1. The first kappa shape index (κ1) is 8.84. The first-order chi connectivity index (χ1) is 7.77. The third-order valence-electron chi connectivity index (χ3n) is 2.52. The van der Waals surface area contributed by atoms with Gasteiger partial charge in [0.15, 0.2) is 5.69 Å². The molecule has 3 aromatic rings. The lowest BCUT2D eigenvalue weighted by Crippen LogP contribution is -2.11. The summed E-state index contributed by atoms with van der Waals surface area (Å²) >= 11 is 0. The van der Waals surface area contributed by atoms with E-state index in [0.717, 1.165) is 10.9 Å². The Bertz CT molecular complexity index is 701. The molecule has 0 bridgehead atoms. The predicted octanol–water partition coefficient (Wildman–Crippen LogP) is 0.981.